The van der Waals surface area contributed by atoms with Crippen molar-refractivity contribution in [3.63, 3.8) is 0 Å². The Bertz CT molecular complexity index is 799. The lowest BCUT2D eigenvalue weighted by atomic mass is 10.0. The van der Waals surface area contributed by atoms with Crippen LogP contribution in [0.2, 0.25) is 5.02 Å². The quantitative estimate of drug-likeness (QED) is 0.714. The molecule has 150 valence electrons. The molecule has 1 aromatic carbocycles. The van der Waals surface area contributed by atoms with Gasteiger partial charge in [-0.15, -0.1) is 0 Å². The van der Waals surface area contributed by atoms with Gasteiger partial charge in [0.15, 0.2) is 0 Å². The van der Waals surface area contributed by atoms with Crippen LogP contribution >= 0.6 is 23.4 Å². The van der Waals surface area contributed by atoms with E-state index in [2.05, 4.69) is 17.1 Å². The molecule has 0 spiro atoms. The number of piperidine rings is 1. The maximum atomic E-state index is 12.5. The van der Waals surface area contributed by atoms with Crippen LogP contribution in [0.25, 0.3) is 6.08 Å². The summed E-state index contributed by atoms with van der Waals surface area (Å²) in [5.41, 5.74) is 0.693. The summed E-state index contributed by atoms with van der Waals surface area (Å²) in [6, 6.07) is 7.15. The molecular formula is C20H24ClN3O3S. The number of halogens is 1. The van der Waals surface area contributed by atoms with E-state index in [4.69, 9.17) is 11.6 Å². The average Bonchev–Trinajstić information content (AvgIpc) is 2.91. The van der Waals surface area contributed by atoms with Crippen molar-refractivity contribution in [3.8, 4) is 0 Å². The van der Waals surface area contributed by atoms with E-state index >= 15 is 0 Å². The highest BCUT2D eigenvalue weighted by molar-refractivity contribution is 8.18. The molecule has 1 N–H and O–H groups in total. The van der Waals surface area contributed by atoms with Gasteiger partial charge in [-0.25, -0.2) is 0 Å². The molecule has 0 aliphatic carbocycles. The molecular weight excluding hydrogens is 398 g/mol. The van der Waals surface area contributed by atoms with Gasteiger partial charge >= 0.3 is 0 Å². The number of nitrogens with zero attached hydrogens (tertiary/aromatic N) is 2. The van der Waals surface area contributed by atoms with E-state index in [1.54, 1.807) is 24.3 Å². The number of carbonyl (C=O) groups is 3. The number of amides is 3. The maximum Gasteiger partial charge on any atom is 0.293 e. The number of benzene rings is 1. The molecule has 28 heavy (non-hydrogen) atoms. The second-order valence-corrected chi connectivity index (χ2v) is 8.59. The number of imide groups is 1. The minimum atomic E-state index is -0.353. The largest absolute Gasteiger partial charge is 0.353 e. The molecule has 2 heterocycles. The third kappa shape index (κ3) is 5.37. The van der Waals surface area contributed by atoms with E-state index < -0.39 is 0 Å². The van der Waals surface area contributed by atoms with Gasteiger partial charge in [-0.05, 0) is 54.8 Å². The summed E-state index contributed by atoms with van der Waals surface area (Å²) in [6.45, 7) is 4.84. The van der Waals surface area contributed by atoms with Crippen LogP contribution in [0.5, 0.6) is 0 Å². The summed E-state index contributed by atoms with van der Waals surface area (Å²) >= 11 is 7.01. The summed E-state index contributed by atoms with van der Waals surface area (Å²) < 4.78 is 0. The van der Waals surface area contributed by atoms with E-state index in [1.807, 2.05) is 6.07 Å². The van der Waals surface area contributed by atoms with E-state index in [-0.39, 0.29) is 30.1 Å². The molecule has 0 radical (unpaired) electrons. The Morgan fingerprint density at radius 3 is 2.89 bits per heavy atom. The van der Waals surface area contributed by atoms with Crippen LogP contribution in [-0.2, 0) is 9.59 Å². The van der Waals surface area contributed by atoms with Crippen molar-refractivity contribution in [1.82, 2.24) is 15.1 Å². The summed E-state index contributed by atoms with van der Waals surface area (Å²) in [5.74, 6) is 0.184. The van der Waals surface area contributed by atoms with Crippen molar-refractivity contribution in [2.75, 3.05) is 32.7 Å². The highest BCUT2D eigenvalue weighted by Crippen LogP contribution is 2.33. The lowest BCUT2D eigenvalue weighted by Crippen LogP contribution is -2.44. The van der Waals surface area contributed by atoms with Crippen molar-refractivity contribution >= 4 is 46.5 Å². The Hall–Kier alpha value is -1.83. The second-order valence-electron chi connectivity index (χ2n) is 7.19. The van der Waals surface area contributed by atoms with Crippen LogP contribution in [0.15, 0.2) is 29.2 Å². The number of carbonyl (C=O) groups excluding carboxylic acids is 3. The fraction of sp³-hybridized carbons (Fsp3) is 0.450. The minimum absolute atomic E-state index is 0.0762. The van der Waals surface area contributed by atoms with Gasteiger partial charge in [0.1, 0.15) is 0 Å². The summed E-state index contributed by atoms with van der Waals surface area (Å²) in [5, 5.41) is 3.00. The molecule has 0 bridgehead atoms. The lowest BCUT2D eigenvalue weighted by molar-refractivity contribution is -0.125. The Kier molecular flexibility index (Phi) is 7.15. The maximum absolute atomic E-state index is 12.5. The van der Waals surface area contributed by atoms with Crippen molar-refractivity contribution in [1.29, 1.82) is 0 Å². The van der Waals surface area contributed by atoms with Crippen LogP contribution in [-0.4, -0.2) is 59.6 Å². The number of likely N-dealkylation sites (tertiary alicyclic amines) is 1. The molecule has 0 saturated carbocycles. The Labute approximate surface area is 174 Å². The first-order chi connectivity index (χ1) is 13.4. The first kappa shape index (κ1) is 20.9. The fourth-order valence-electron chi connectivity index (χ4n) is 3.42. The van der Waals surface area contributed by atoms with Gasteiger partial charge < -0.3 is 5.32 Å². The van der Waals surface area contributed by atoms with Crippen LogP contribution < -0.4 is 5.32 Å². The van der Waals surface area contributed by atoms with Gasteiger partial charge in [-0.2, -0.15) is 0 Å². The third-order valence-corrected chi connectivity index (χ3v) is 6.08. The summed E-state index contributed by atoms with van der Waals surface area (Å²) in [7, 11) is 0. The van der Waals surface area contributed by atoms with Crippen LogP contribution in [0.3, 0.4) is 0 Å². The second kappa shape index (κ2) is 9.58. The van der Waals surface area contributed by atoms with Crippen LogP contribution in [0.1, 0.15) is 25.3 Å². The number of hydrogen-bond donors (Lipinski definition) is 1. The van der Waals surface area contributed by atoms with Gasteiger partial charge in [-0.3, -0.25) is 24.2 Å². The lowest BCUT2D eigenvalue weighted by Gasteiger charge is -2.30. The number of rotatable bonds is 6. The zero-order valence-electron chi connectivity index (χ0n) is 15.8. The molecule has 3 rings (SSSR count). The van der Waals surface area contributed by atoms with E-state index in [0.717, 1.165) is 36.2 Å². The average molecular weight is 422 g/mol. The van der Waals surface area contributed by atoms with Crippen molar-refractivity contribution < 1.29 is 14.4 Å². The van der Waals surface area contributed by atoms with Gasteiger partial charge in [-0.1, -0.05) is 36.7 Å². The normalized spacial score (nSPS) is 22.1. The highest BCUT2D eigenvalue weighted by atomic mass is 35.5. The molecule has 1 atom stereocenters. The van der Waals surface area contributed by atoms with Crippen molar-refractivity contribution in [2.24, 2.45) is 5.92 Å². The van der Waals surface area contributed by atoms with Gasteiger partial charge in [0.2, 0.25) is 5.91 Å². The zero-order chi connectivity index (χ0) is 20.1. The Morgan fingerprint density at radius 2 is 2.14 bits per heavy atom. The number of hydrogen-bond acceptors (Lipinski definition) is 5. The smallest absolute Gasteiger partial charge is 0.293 e. The Morgan fingerprint density at radius 1 is 1.36 bits per heavy atom. The SMILES string of the molecule is CC1CCCN(CC(=O)NCCN2C(=O)SC(=Cc3ccccc3Cl)C2=O)C1. The molecule has 2 aliphatic rings. The number of thioether (sulfide) groups is 1. The molecule has 1 aromatic rings. The predicted octanol–water partition coefficient (Wildman–Crippen LogP) is 3.22. The van der Waals surface area contributed by atoms with E-state index in [1.165, 1.54) is 6.42 Å². The minimum Gasteiger partial charge on any atom is -0.353 e. The van der Waals surface area contributed by atoms with E-state index in [0.29, 0.717) is 28.0 Å². The van der Waals surface area contributed by atoms with Gasteiger partial charge in [0, 0.05) is 24.7 Å². The first-order valence-electron chi connectivity index (χ1n) is 9.43. The molecule has 8 heteroatoms. The third-order valence-electron chi connectivity index (χ3n) is 4.83. The first-order valence-corrected chi connectivity index (χ1v) is 10.6. The van der Waals surface area contributed by atoms with Gasteiger partial charge in [0.05, 0.1) is 11.4 Å². The fourth-order valence-corrected chi connectivity index (χ4v) is 4.47. The topological polar surface area (TPSA) is 69.7 Å². The summed E-state index contributed by atoms with van der Waals surface area (Å²) in [6.07, 6.45) is 3.95. The van der Waals surface area contributed by atoms with Gasteiger partial charge in [0.25, 0.3) is 11.1 Å². The Balaban J connectivity index is 1.49. The van der Waals surface area contributed by atoms with Crippen molar-refractivity contribution in [3.05, 3.63) is 39.8 Å². The molecule has 1 unspecified atom stereocenters. The van der Waals surface area contributed by atoms with E-state index in [9.17, 15) is 14.4 Å². The van der Waals surface area contributed by atoms with Crippen molar-refractivity contribution in [2.45, 2.75) is 19.8 Å². The number of nitrogens with one attached hydrogen (secondary N) is 1. The molecule has 3 amide bonds. The molecule has 2 fully saturated rings. The standard InChI is InChI=1S/C20H24ClN3O3S/c1-14-5-4-9-23(12-14)13-18(25)22-8-10-24-19(26)17(28-20(24)27)11-15-6-2-3-7-16(15)21/h2-3,6-7,11,14H,4-5,8-10,12-13H2,1H3,(H,22,25). The molecule has 0 aromatic heterocycles. The van der Waals surface area contributed by atoms with Crippen LogP contribution in [0.4, 0.5) is 4.79 Å². The zero-order valence-corrected chi connectivity index (χ0v) is 17.4. The molecule has 6 nitrogen and oxygen atoms in total. The molecule has 2 aliphatic heterocycles. The monoisotopic (exact) mass is 421 g/mol. The summed E-state index contributed by atoms with van der Waals surface area (Å²) in [4.78, 5) is 40.5. The highest BCUT2D eigenvalue weighted by Gasteiger charge is 2.34. The molecule has 2 saturated heterocycles. The van der Waals surface area contributed by atoms with Crippen LogP contribution in [0, 0.1) is 5.92 Å². The predicted molar refractivity (Wildman–Crippen MR) is 112 cm³/mol.